The number of carbonyl (C=O) groups is 1. The Labute approximate surface area is 107 Å². The molecule has 0 aliphatic carbocycles. The second kappa shape index (κ2) is 6.74. The van der Waals surface area contributed by atoms with Crippen LogP contribution < -0.4 is 5.32 Å². The average molecular weight is 247 g/mol. The third kappa shape index (κ3) is 3.84. The van der Waals surface area contributed by atoms with E-state index in [0.717, 1.165) is 0 Å². The van der Waals surface area contributed by atoms with E-state index in [1.54, 1.807) is 36.2 Å². The molecule has 2 N–H and O–H groups in total. The minimum atomic E-state index is -0.208. The van der Waals surface area contributed by atoms with Crippen LogP contribution in [0.25, 0.3) is 0 Å². The van der Waals surface area contributed by atoms with Crippen LogP contribution in [0.3, 0.4) is 0 Å². The van der Waals surface area contributed by atoms with Crippen LogP contribution in [0.15, 0.2) is 24.3 Å². The summed E-state index contributed by atoms with van der Waals surface area (Å²) in [6.45, 7) is 2.00. The second-order valence-electron chi connectivity index (χ2n) is 4.15. The molecule has 5 nitrogen and oxygen atoms in total. The third-order valence-corrected chi connectivity index (χ3v) is 2.73. The van der Waals surface area contributed by atoms with Crippen molar-refractivity contribution in [1.29, 1.82) is 5.26 Å². The molecule has 1 atom stereocenters. The fourth-order valence-corrected chi connectivity index (χ4v) is 1.40. The molecule has 0 radical (unpaired) electrons. The first-order valence-corrected chi connectivity index (χ1v) is 5.68. The van der Waals surface area contributed by atoms with Gasteiger partial charge in [0.1, 0.15) is 6.07 Å². The molecule has 5 heteroatoms. The Morgan fingerprint density at radius 2 is 2.22 bits per heavy atom. The van der Waals surface area contributed by atoms with Crippen molar-refractivity contribution in [3.05, 3.63) is 29.8 Å². The van der Waals surface area contributed by atoms with E-state index >= 15 is 0 Å². The lowest BCUT2D eigenvalue weighted by atomic mass is 10.2. The smallest absolute Gasteiger partial charge is 0.238 e. The number of nitrogens with zero attached hydrogens (tertiary/aromatic N) is 2. The van der Waals surface area contributed by atoms with Crippen LogP contribution in [0.1, 0.15) is 12.5 Å². The highest BCUT2D eigenvalue weighted by molar-refractivity contribution is 5.93. The predicted molar refractivity (Wildman–Crippen MR) is 69.0 cm³/mol. The lowest BCUT2D eigenvalue weighted by Crippen LogP contribution is -2.38. The zero-order valence-electron chi connectivity index (χ0n) is 10.6. The molecule has 18 heavy (non-hydrogen) atoms. The van der Waals surface area contributed by atoms with Crippen LogP contribution in [-0.4, -0.2) is 42.2 Å². The molecule has 1 unspecified atom stereocenters. The van der Waals surface area contributed by atoms with Crippen molar-refractivity contribution in [3.63, 3.8) is 0 Å². The first-order chi connectivity index (χ1) is 8.58. The highest BCUT2D eigenvalue weighted by Gasteiger charge is 2.13. The monoisotopic (exact) mass is 247 g/mol. The third-order valence-electron chi connectivity index (χ3n) is 2.73. The van der Waals surface area contributed by atoms with Crippen LogP contribution in [0.2, 0.25) is 0 Å². The number of likely N-dealkylation sites (N-methyl/N-ethyl adjacent to an activating group) is 1. The molecule has 0 heterocycles. The van der Waals surface area contributed by atoms with Crippen LogP contribution in [0, 0.1) is 11.3 Å². The first-order valence-electron chi connectivity index (χ1n) is 5.68. The first kappa shape index (κ1) is 14.2. The van der Waals surface area contributed by atoms with Crippen LogP contribution in [-0.2, 0) is 4.79 Å². The molecule has 0 saturated heterocycles. The number of nitriles is 1. The van der Waals surface area contributed by atoms with E-state index in [1.165, 1.54) is 0 Å². The standard InChI is InChI=1S/C13H17N3O2/c1-10(9-17)16(2)8-13(18)15-12-6-4-3-5-11(12)7-14/h3-6,10,17H,8-9H2,1-2H3,(H,15,18). The lowest BCUT2D eigenvalue weighted by Gasteiger charge is -2.22. The Morgan fingerprint density at radius 3 is 2.83 bits per heavy atom. The van der Waals surface area contributed by atoms with Crippen LogP contribution in [0.5, 0.6) is 0 Å². The van der Waals surface area contributed by atoms with Gasteiger partial charge in [-0.2, -0.15) is 5.26 Å². The van der Waals surface area contributed by atoms with Crippen LogP contribution >= 0.6 is 0 Å². The number of rotatable bonds is 5. The van der Waals surface area contributed by atoms with Crippen molar-refractivity contribution < 1.29 is 9.90 Å². The molecule has 0 aliphatic rings. The quantitative estimate of drug-likeness (QED) is 0.807. The number of amides is 1. The Hall–Kier alpha value is -1.90. The van der Waals surface area contributed by atoms with Gasteiger partial charge in [-0.05, 0) is 26.1 Å². The fourth-order valence-electron chi connectivity index (χ4n) is 1.40. The number of carbonyl (C=O) groups excluding carboxylic acids is 1. The van der Waals surface area contributed by atoms with E-state index < -0.39 is 0 Å². The normalized spacial score (nSPS) is 11.9. The summed E-state index contributed by atoms with van der Waals surface area (Å²) in [4.78, 5) is 13.5. The number of para-hydroxylation sites is 1. The van der Waals surface area contributed by atoms with E-state index in [0.29, 0.717) is 11.3 Å². The Morgan fingerprint density at radius 1 is 1.56 bits per heavy atom. The van der Waals surface area contributed by atoms with Gasteiger partial charge in [0.05, 0.1) is 24.4 Å². The van der Waals surface area contributed by atoms with Gasteiger partial charge in [0.2, 0.25) is 5.91 Å². The van der Waals surface area contributed by atoms with E-state index in [1.807, 2.05) is 13.0 Å². The molecule has 0 aliphatic heterocycles. The van der Waals surface area contributed by atoms with E-state index in [4.69, 9.17) is 10.4 Å². The number of aliphatic hydroxyl groups excluding tert-OH is 1. The summed E-state index contributed by atoms with van der Waals surface area (Å²) < 4.78 is 0. The van der Waals surface area contributed by atoms with Gasteiger partial charge in [-0.1, -0.05) is 12.1 Å². The number of nitrogens with one attached hydrogen (secondary N) is 1. The van der Waals surface area contributed by atoms with Crippen LogP contribution in [0.4, 0.5) is 5.69 Å². The summed E-state index contributed by atoms with van der Waals surface area (Å²) in [5.41, 5.74) is 0.943. The van der Waals surface area contributed by atoms with Crippen molar-refractivity contribution >= 4 is 11.6 Å². The van der Waals surface area contributed by atoms with Crippen molar-refractivity contribution in [3.8, 4) is 6.07 Å². The number of aliphatic hydroxyl groups is 1. The summed E-state index contributed by atoms with van der Waals surface area (Å²) in [7, 11) is 1.76. The van der Waals surface area contributed by atoms with Gasteiger partial charge in [-0.15, -0.1) is 0 Å². The Bertz CT molecular complexity index is 454. The van der Waals surface area contributed by atoms with Gasteiger partial charge < -0.3 is 10.4 Å². The second-order valence-corrected chi connectivity index (χ2v) is 4.15. The molecular formula is C13H17N3O2. The maximum atomic E-state index is 11.8. The van der Waals surface area contributed by atoms with E-state index in [-0.39, 0.29) is 25.1 Å². The molecule has 0 fully saturated rings. The zero-order valence-corrected chi connectivity index (χ0v) is 10.6. The summed E-state index contributed by atoms with van der Waals surface area (Å²) >= 11 is 0. The van der Waals surface area contributed by atoms with Gasteiger partial charge in [0, 0.05) is 6.04 Å². The number of benzene rings is 1. The Kier molecular flexibility index (Phi) is 5.31. The highest BCUT2D eigenvalue weighted by Crippen LogP contribution is 2.13. The highest BCUT2D eigenvalue weighted by atomic mass is 16.3. The zero-order chi connectivity index (χ0) is 13.5. The molecule has 0 spiro atoms. The molecule has 0 bridgehead atoms. The average Bonchev–Trinajstić information content (AvgIpc) is 2.38. The van der Waals surface area contributed by atoms with Crippen molar-refractivity contribution in [2.45, 2.75) is 13.0 Å². The number of anilines is 1. The number of hydrogen-bond acceptors (Lipinski definition) is 4. The van der Waals surface area contributed by atoms with Crippen molar-refractivity contribution in [2.75, 3.05) is 25.5 Å². The molecule has 0 saturated carbocycles. The maximum Gasteiger partial charge on any atom is 0.238 e. The largest absolute Gasteiger partial charge is 0.395 e. The minimum absolute atomic E-state index is 0.00143. The lowest BCUT2D eigenvalue weighted by molar-refractivity contribution is -0.117. The van der Waals surface area contributed by atoms with Gasteiger partial charge in [0.15, 0.2) is 0 Å². The molecule has 0 aromatic heterocycles. The molecule has 96 valence electrons. The summed E-state index contributed by atoms with van der Waals surface area (Å²) in [6, 6.07) is 8.78. The fraction of sp³-hybridized carbons (Fsp3) is 0.385. The Balaban J connectivity index is 2.63. The van der Waals surface area contributed by atoms with E-state index in [9.17, 15) is 4.79 Å². The molecule has 1 rings (SSSR count). The van der Waals surface area contributed by atoms with E-state index in [2.05, 4.69) is 5.32 Å². The molecule has 1 aromatic carbocycles. The van der Waals surface area contributed by atoms with Crippen molar-refractivity contribution in [1.82, 2.24) is 4.90 Å². The predicted octanol–water partition coefficient (Wildman–Crippen LogP) is 0.809. The summed E-state index contributed by atoms with van der Waals surface area (Å²) in [5.74, 6) is -0.208. The minimum Gasteiger partial charge on any atom is -0.395 e. The SMILES string of the molecule is CC(CO)N(C)CC(=O)Nc1ccccc1C#N. The van der Waals surface area contributed by atoms with Gasteiger partial charge in [-0.3, -0.25) is 9.69 Å². The maximum absolute atomic E-state index is 11.8. The summed E-state index contributed by atoms with van der Waals surface area (Å²) in [5, 5.41) is 20.6. The summed E-state index contributed by atoms with van der Waals surface area (Å²) in [6.07, 6.45) is 0. The topological polar surface area (TPSA) is 76.4 Å². The van der Waals surface area contributed by atoms with Gasteiger partial charge >= 0.3 is 0 Å². The van der Waals surface area contributed by atoms with Gasteiger partial charge in [0.25, 0.3) is 0 Å². The van der Waals surface area contributed by atoms with Gasteiger partial charge in [-0.25, -0.2) is 0 Å². The molecular weight excluding hydrogens is 230 g/mol. The number of hydrogen-bond donors (Lipinski definition) is 2. The molecule has 1 amide bonds. The molecule has 1 aromatic rings. The van der Waals surface area contributed by atoms with Crippen molar-refractivity contribution in [2.24, 2.45) is 0 Å².